The second-order valence-electron chi connectivity index (χ2n) is 5.44. The zero-order chi connectivity index (χ0) is 16.2. The summed E-state index contributed by atoms with van der Waals surface area (Å²) in [6.07, 6.45) is 2.00. The largest absolute Gasteiger partial charge is 0.378 e. The SMILES string of the molecule is CCCc1ccc(S(=O)(=O)Nc2cccc(N(C)C)c2)cc1. The number of nitrogens with one attached hydrogen (secondary N) is 1. The van der Waals surface area contributed by atoms with E-state index in [-0.39, 0.29) is 4.90 Å². The van der Waals surface area contributed by atoms with Crippen molar-refractivity contribution in [3.8, 4) is 0 Å². The van der Waals surface area contributed by atoms with Gasteiger partial charge < -0.3 is 4.90 Å². The molecule has 0 aliphatic heterocycles. The van der Waals surface area contributed by atoms with E-state index in [1.54, 1.807) is 18.2 Å². The molecular weight excluding hydrogens is 296 g/mol. The van der Waals surface area contributed by atoms with Gasteiger partial charge in [-0.25, -0.2) is 8.42 Å². The van der Waals surface area contributed by atoms with Crippen LogP contribution in [0.3, 0.4) is 0 Å². The summed E-state index contributed by atoms with van der Waals surface area (Å²) in [4.78, 5) is 2.21. The van der Waals surface area contributed by atoms with E-state index >= 15 is 0 Å². The van der Waals surface area contributed by atoms with Crippen LogP contribution in [0.2, 0.25) is 0 Å². The molecule has 5 heteroatoms. The van der Waals surface area contributed by atoms with Gasteiger partial charge in [0.15, 0.2) is 0 Å². The smallest absolute Gasteiger partial charge is 0.261 e. The maximum atomic E-state index is 12.4. The summed E-state index contributed by atoms with van der Waals surface area (Å²) in [5.74, 6) is 0. The minimum absolute atomic E-state index is 0.280. The van der Waals surface area contributed by atoms with E-state index in [0.717, 1.165) is 24.1 Å². The van der Waals surface area contributed by atoms with Crippen molar-refractivity contribution in [2.24, 2.45) is 0 Å². The third-order valence-electron chi connectivity index (χ3n) is 3.39. The minimum atomic E-state index is -3.56. The lowest BCUT2D eigenvalue weighted by Gasteiger charge is -2.14. The Morgan fingerprint density at radius 3 is 2.32 bits per heavy atom. The number of aryl methyl sites for hydroxylation is 1. The zero-order valence-corrected chi connectivity index (χ0v) is 14.0. The third kappa shape index (κ3) is 4.01. The number of sulfonamides is 1. The van der Waals surface area contributed by atoms with E-state index in [1.165, 1.54) is 0 Å². The molecule has 2 aromatic carbocycles. The van der Waals surface area contributed by atoms with Crippen molar-refractivity contribution >= 4 is 21.4 Å². The topological polar surface area (TPSA) is 49.4 Å². The maximum absolute atomic E-state index is 12.4. The summed E-state index contributed by atoms with van der Waals surface area (Å²) in [5, 5.41) is 0. The minimum Gasteiger partial charge on any atom is -0.378 e. The Morgan fingerprint density at radius 1 is 1.05 bits per heavy atom. The molecule has 2 rings (SSSR count). The summed E-state index contributed by atoms with van der Waals surface area (Å²) in [6, 6.07) is 14.4. The van der Waals surface area contributed by atoms with Gasteiger partial charge in [0, 0.05) is 19.8 Å². The number of rotatable bonds is 6. The molecule has 4 nitrogen and oxygen atoms in total. The molecule has 0 saturated heterocycles. The molecule has 0 heterocycles. The molecule has 118 valence electrons. The molecule has 0 aromatic heterocycles. The fraction of sp³-hybridized carbons (Fsp3) is 0.294. The van der Waals surface area contributed by atoms with Crippen LogP contribution >= 0.6 is 0 Å². The molecule has 0 fully saturated rings. The van der Waals surface area contributed by atoms with Crippen molar-refractivity contribution in [3.63, 3.8) is 0 Å². The van der Waals surface area contributed by atoms with Gasteiger partial charge in [0.25, 0.3) is 10.0 Å². The molecule has 1 N–H and O–H groups in total. The number of anilines is 2. The van der Waals surface area contributed by atoms with Gasteiger partial charge in [0.2, 0.25) is 0 Å². The summed E-state index contributed by atoms with van der Waals surface area (Å²) < 4.78 is 27.5. The van der Waals surface area contributed by atoms with E-state index < -0.39 is 10.0 Å². The van der Waals surface area contributed by atoms with Crippen LogP contribution in [0.5, 0.6) is 0 Å². The second kappa shape index (κ2) is 6.83. The maximum Gasteiger partial charge on any atom is 0.261 e. The number of hydrogen-bond acceptors (Lipinski definition) is 3. The molecule has 0 unspecified atom stereocenters. The fourth-order valence-electron chi connectivity index (χ4n) is 2.19. The average Bonchev–Trinajstić information content (AvgIpc) is 2.48. The van der Waals surface area contributed by atoms with Crippen molar-refractivity contribution in [1.82, 2.24) is 0 Å². The highest BCUT2D eigenvalue weighted by molar-refractivity contribution is 7.92. The first-order valence-electron chi connectivity index (χ1n) is 7.31. The average molecular weight is 318 g/mol. The van der Waals surface area contributed by atoms with Gasteiger partial charge in [0.05, 0.1) is 10.6 Å². The summed E-state index contributed by atoms with van der Waals surface area (Å²) in [5.41, 5.74) is 2.65. The first kappa shape index (κ1) is 16.4. The monoisotopic (exact) mass is 318 g/mol. The van der Waals surface area contributed by atoms with Gasteiger partial charge in [-0.15, -0.1) is 0 Å². The van der Waals surface area contributed by atoms with E-state index in [9.17, 15) is 8.42 Å². The molecular formula is C17H22N2O2S. The number of nitrogens with zero attached hydrogens (tertiary/aromatic N) is 1. The molecule has 0 saturated carbocycles. The Hall–Kier alpha value is -2.01. The van der Waals surface area contributed by atoms with Crippen LogP contribution < -0.4 is 9.62 Å². The van der Waals surface area contributed by atoms with Gasteiger partial charge in [-0.05, 0) is 42.3 Å². The lowest BCUT2D eigenvalue weighted by atomic mass is 10.1. The quantitative estimate of drug-likeness (QED) is 0.887. The van der Waals surface area contributed by atoms with E-state index in [2.05, 4.69) is 11.6 Å². The van der Waals surface area contributed by atoms with Crippen LogP contribution in [0, 0.1) is 0 Å². The molecule has 22 heavy (non-hydrogen) atoms. The van der Waals surface area contributed by atoms with Crippen LogP contribution in [-0.2, 0) is 16.4 Å². The summed E-state index contributed by atoms with van der Waals surface area (Å²) in [7, 11) is 0.277. The Balaban J connectivity index is 2.22. The number of benzene rings is 2. The highest BCUT2D eigenvalue weighted by atomic mass is 32.2. The lowest BCUT2D eigenvalue weighted by Crippen LogP contribution is -2.14. The Morgan fingerprint density at radius 2 is 1.73 bits per heavy atom. The molecule has 0 radical (unpaired) electrons. The molecule has 0 amide bonds. The predicted octanol–water partition coefficient (Wildman–Crippen LogP) is 3.51. The van der Waals surface area contributed by atoms with Gasteiger partial charge in [-0.1, -0.05) is 31.5 Å². The first-order chi connectivity index (χ1) is 10.4. The van der Waals surface area contributed by atoms with Crippen molar-refractivity contribution in [1.29, 1.82) is 0 Å². The molecule has 0 bridgehead atoms. The summed E-state index contributed by atoms with van der Waals surface area (Å²) >= 11 is 0. The highest BCUT2D eigenvalue weighted by Gasteiger charge is 2.14. The van der Waals surface area contributed by atoms with Crippen molar-refractivity contribution in [2.45, 2.75) is 24.7 Å². The molecule has 0 spiro atoms. The number of hydrogen-bond donors (Lipinski definition) is 1. The summed E-state index contributed by atoms with van der Waals surface area (Å²) in [6.45, 7) is 2.10. The molecule has 0 aliphatic carbocycles. The molecule has 0 atom stereocenters. The van der Waals surface area contributed by atoms with Crippen molar-refractivity contribution < 1.29 is 8.42 Å². The Bertz CT molecular complexity index is 723. The molecule has 0 aliphatic rings. The highest BCUT2D eigenvalue weighted by Crippen LogP contribution is 2.21. The Labute approximate surface area is 132 Å². The van der Waals surface area contributed by atoms with Gasteiger partial charge in [-0.3, -0.25) is 4.72 Å². The second-order valence-corrected chi connectivity index (χ2v) is 7.13. The normalized spacial score (nSPS) is 11.2. The molecule has 2 aromatic rings. The van der Waals surface area contributed by atoms with Crippen LogP contribution in [0.15, 0.2) is 53.4 Å². The fourth-order valence-corrected chi connectivity index (χ4v) is 3.24. The third-order valence-corrected chi connectivity index (χ3v) is 4.78. The van der Waals surface area contributed by atoms with Crippen LogP contribution in [0.1, 0.15) is 18.9 Å². The van der Waals surface area contributed by atoms with Gasteiger partial charge >= 0.3 is 0 Å². The van der Waals surface area contributed by atoms with Crippen LogP contribution in [-0.4, -0.2) is 22.5 Å². The van der Waals surface area contributed by atoms with Crippen molar-refractivity contribution in [2.75, 3.05) is 23.7 Å². The first-order valence-corrected chi connectivity index (χ1v) is 8.80. The van der Waals surface area contributed by atoms with E-state index in [0.29, 0.717) is 5.69 Å². The van der Waals surface area contributed by atoms with Gasteiger partial charge in [-0.2, -0.15) is 0 Å². The lowest BCUT2D eigenvalue weighted by molar-refractivity contribution is 0.601. The van der Waals surface area contributed by atoms with Crippen LogP contribution in [0.4, 0.5) is 11.4 Å². The van der Waals surface area contributed by atoms with Gasteiger partial charge in [0.1, 0.15) is 0 Å². The zero-order valence-electron chi connectivity index (χ0n) is 13.2. The Kier molecular flexibility index (Phi) is 5.08. The van der Waals surface area contributed by atoms with E-state index in [4.69, 9.17) is 0 Å². The predicted molar refractivity (Wildman–Crippen MR) is 92.0 cm³/mol. The standard InChI is InChI=1S/C17H22N2O2S/c1-4-6-14-9-11-17(12-10-14)22(20,21)18-15-7-5-8-16(13-15)19(2)3/h5,7-13,18H,4,6H2,1-3H3. The van der Waals surface area contributed by atoms with Crippen LogP contribution in [0.25, 0.3) is 0 Å². The van der Waals surface area contributed by atoms with E-state index in [1.807, 2.05) is 49.3 Å². The van der Waals surface area contributed by atoms with Crippen molar-refractivity contribution in [3.05, 3.63) is 54.1 Å².